The van der Waals surface area contributed by atoms with Crippen molar-refractivity contribution in [2.75, 3.05) is 31.2 Å². The van der Waals surface area contributed by atoms with Gasteiger partial charge in [-0.05, 0) is 30.7 Å². The van der Waals surface area contributed by atoms with E-state index in [1.807, 2.05) is 53.9 Å². The number of benzene rings is 1. The number of carbonyl (C=O) groups is 1. The summed E-state index contributed by atoms with van der Waals surface area (Å²) in [7, 11) is 0. The van der Waals surface area contributed by atoms with Gasteiger partial charge in [-0.2, -0.15) is 11.8 Å². The molecule has 0 spiro atoms. The Kier molecular flexibility index (Phi) is 5.33. The molecule has 0 bridgehead atoms. The summed E-state index contributed by atoms with van der Waals surface area (Å²) in [5.41, 5.74) is 1.02. The van der Waals surface area contributed by atoms with Crippen molar-refractivity contribution in [3.8, 4) is 5.75 Å². The maximum absolute atomic E-state index is 11.9. The first kappa shape index (κ1) is 14.0. The van der Waals surface area contributed by atoms with Crippen molar-refractivity contribution in [1.29, 1.82) is 0 Å². The minimum atomic E-state index is 0.106. The van der Waals surface area contributed by atoms with E-state index in [-0.39, 0.29) is 5.91 Å². The predicted octanol–water partition coefficient (Wildman–Crippen LogP) is 2.67. The number of carbonyl (C=O) groups excluding carboxylic acids is 1. The van der Waals surface area contributed by atoms with Gasteiger partial charge in [0.15, 0.2) is 0 Å². The van der Waals surface area contributed by atoms with Gasteiger partial charge < -0.3 is 9.64 Å². The number of hydrogen-bond acceptors (Lipinski definition) is 3. The van der Waals surface area contributed by atoms with Crippen LogP contribution in [0.2, 0.25) is 0 Å². The highest BCUT2D eigenvalue weighted by atomic mass is 32.2. The van der Waals surface area contributed by atoms with Crippen LogP contribution in [-0.4, -0.2) is 42.0 Å². The summed E-state index contributed by atoms with van der Waals surface area (Å²) in [6.45, 7) is 4.35. The molecule has 0 aromatic heterocycles. The summed E-state index contributed by atoms with van der Waals surface area (Å²) < 4.78 is 5.38. The van der Waals surface area contributed by atoms with Gasteiger partial charge in [0.1, 0.15) is 5.75 Å². The van der Waals surface area contributed by atoms with E-state index in [2.05, 4.69) is 0 Å². The van der Waals surface area contributed by atoms with Crippen LogP contribution in [0.4, 0.5) is 0 Å². The standard InChI is InChI=1S/C15H19NO2S/c1-2-18-14-6-3-13(4-7-14)5-8-15(17)16-9-11-19-12-10-16/h3-8H,2,9-12H2,1H3/b8-5+. The van der Waals surface area contributed by atoms with Crippen molar-refractivity contribution < 1.29 is 9.53 Å². The zero-order chi connectivity index (χ0) is 13.5. The average Bonchev–Trinajstić information content (AvgIpc) is 2.47. The van der Waals surface area contributed by atoms with Gasteiger partial charge in [-0.3, -0.25) is 4.79 Å². The summed E-state index contributed by atoms with van der Waals surface area (Å²) in [5.74, 6) is 3.05. The Bertz CT molecular complexity index is 436. The number of ether oxygens (including phenoxy) is 1. The van der Waals surface area contributed by atoms with Crippen LogP contribution in [0.25, 0.3) is 6.08 Å². The van der Waals surface area contributed by atoms with E-state index in [1.165, 1.54) is 0 Å². The van der Waals surface area contributed by atoms with Gasteiger partial charge in [-0.15, -0.1) is 0 Å². The first-order valence-electron chi connectivity index (χ1n) is 6.57. The quantitative estimate of drug-likeness (QED) is 0.793. The number of thioether (sulfide) groups is 1. The molecule has 102 valence electrons. The minimum absolute atomic E-state index is 0.106. The highest BCUT2D eigenvalue weighted by Gasteiger charge is 2.13. The molecule has 0 N–H and O–H groups in total. The van der Waals surface area contributed by atoms with Crippen molar-refractivity contribution >= 4 is 23.7 Å². The molecule has 0 atom stereocenters. The van der Waals surface area contributed by atoms with Crippen molar-refractivity contribution in [2.45, 2.75) is 6.92 Å². The van der Waals surface area contributed by atoms with Crippen LogP contribution >= 0.6 is 11.8 Å². The Morgan fingerprint density at radius 1 is 1.32 bits per heavy atom. The highest BCUT2D eigenvalue weighted by molar-refractivity contribution is 7.99. The summed E-state index contributed by atoms with van der Waals surface area (Å²) >= 11 is 1.90. The Morgan fingerprint density at radius 2 is 2.00 bits per heavy atom. The lowest BCUT2D eigenvalue weighted by molar-refractivity contribution is -0.125. The van der Waals surface area contributed by atoms with Crippen LogP contribution in [0.1, 0.15) is 12.5 Å². The molecule has 1 aliphatic rings. The molecule has 2 rings (SSSR count). The number of amides is 1. The molecular weight excluding hydrogens is 258 g/mol. The second-order valence-electron chi connectivity index (χ2n) is 4.27. The fraction of sp³-hybridized carbons (Fsp3) is 0.400. The molecule has 4 heteroatoms. The molecule has 0 radical (unpaired) electrons. The van der Waals surface area contributed by atoms with Gasteiger partial charge >= 0.3 is 0 Å². The number of nitrogens with zero attached hydrogens (tertiary/aromatic N) is 1. The monoisotopic (exact) mass is 277 g/mol. The van der Waals surface area contributed by atoms with Crippen molar-refractivity contribution in [3.05, 3.63) is 35.9 Å². The Morgan fingerprint density at radius 3 is 2.63 bits per heavy atom. The molecule has 0 unspecified atom stereocenters. The molecular formula is C15H19NO2S. The third kappa shape index (κ3) is 4.31. The lowest BCUT2D eigenvalue weighted by Gasteiger charge is -2.25. The molecule has 1 heterocycles. The molecule has 0 aliphatic carbocycles. The first-order valence-corrected chi connectivity index (χ1v) is 7.72. The molecule has 1 aromatic rings. The van der Waals surface area contributed by atoms with Crippen LogP contribution in [-0.2, 0) is 4.79 Å². The highest BCUT2D eigenvalue weighted by Crippen LogP contribution is 2.14. The SMILES string of the molecule is CCOc1ccc(/C=C/C(=O)N2CCSCC2)cc1. The zero-order valence-electron chi connectivity index (χ0n) is 11.2. The normalized spacial score (nSPS) is 15.7. The van der Waals surface area contributed by atoms with Gasteiger partial charge in [0.05, 0.1) is 6.61 Å². The van der Waals surface area contributed by atoms with Gasteiger partial charge in [0.25, 0.3) is 0 Å². The second-order valence-corrected chi connectivity index (χ2v) is 5.50. The third-order valence-electron chi connectivity index (χ3n) is 2.93. The summed E-state index contributed by atoms with van der Waals surface area (Å²) in [6.07, 6.45) is 3.52. The van der Waals surface area contributed by atoms with Crippen LogP contribution in [0.15, 0.2) is 30.3 Å². The van der Waals surface area contributed by atoms with E-state index < -0.39 is 0 Å². The van der Waals surface area contributed by atoms with Gasteiger partial charge in [-0.25, -0.2) is 0 Å². The molecule has 1 aliphatic heterocycles. The minimum Gasteiger partial charge on any atom is -0.494 e. The average molecular weight is 277 g/mol. The van der Waals surface area contributed by atoms with Gasteiger partial charge in [0, 0.05) is 30.7 Å². The van der Waals surface area contributed by atoms with E-state index in [1.54, 1.807) is 6.08 Å². The second kappa shape index (κ2) is 7.24. The molecule has 1 fully saturated rings. The maximum Gasteiger partial charge on any atom is 0.246 e. The predicted molar refractivity (Wildman–Crippen MR) is 80.6 cm³/mol. The maximum atomic E-state index is 11.9. The summed E-state index contributed by atoms with van der Waals surface area (Å²) in [5, 5.41) is 0. The van der Waals surface area contributed by atoms with Crippen LogP contribution in [0.5, 0.6) is 5.75 Å². The van der Waals surface area contributed by atoms with Gasteiger partial charge in [-0.1, -0.05) is 12.1 Å². The Hall–Kier alpha value is -1.42. The van der Waals surface area contributed by atoms with Crippen molar-refractivity contribution in [1.82, 2.24) is 4.90 Å². The first-order chi connectivity index (χ1) is 9.29. The third-order valence-corrected chi connectivity index (χ3v) is 3.87. The van der Waals surface area contributed by atoms with Crippen LogP contribution < -0.4 is 4.74 Å². The largest absolute Gasteiger partial charge is 0.494 e. The van der Waals surface area contributed by atoms with E-state index in [0.717, 1.165) is 35.9 Å². The van der Waals surface area contributed by atoms with E-state index in [9.17, 15) is 4.79 Å². The smallest absolute Gasteiger partial charge is 0.246 e. The molecule has 0 saturated carbocycles. The van der Waals surface area contributed by atoms with E-state index >= 15 is 0 Å². The molecule has 1 saturated heterocycles. The Labute approximate surface area is 118 Å². The van der Waals surface area contributed by atoms with Crippen LogP contribution in [0.3, 0.4) is 0 Å². The van der Waals surface area contributed by atoms with Crippen LogP contribution in [0, 0.1) is 0 Å². The fourth-order valence-electron chi connectivity index (χ4n) is 1.90. The van der Waals surface area contributed by atoms with E-state index in [4.69, 9.17) is 4.74 Å². The van der Waals surface area contributed by atoms with Gasteiger partial charge in [0.2, 0.25) is 5.91 Å². The van der Waals surface area contributed by atoms with Crippen molar-refractivity contribution in [2.24, 2.45) is 0 Å². The summed E-state index contributed by atoms with van der Waals surface area (Å²) in [4.78, 5) is 13.9. The Balaban J connectivity index is 1.91. The lowest BCUT2D eigenvalue weighted by Crippen LogP contribution is -2.36. The summed E-state index contributed by atoms with van der Waals surface area (Å²) in [6, 6.07) is 7.76. The topological polar surface area (TPSA) is 29.5 Å². The molecule has 1 amide bonds. The lowest BCUT2D eigenvalue weighted by atomic mass is 10.2. The van der Waals surface area contributed by atoms with E-state index in [0.29, 0.717) is 6.61 Å². The molecule has 1 aromatic carbocycles. The fourth-order valence-corrected chi connectivity index (χ4v) is 2.80. The number of hydrogen-bond donors (Lipinski definition) is 0. The number of rotatable bonds is 4. The zero-order valence-corrected chi connectivity index (χ0v) is 12.0. The molecule has 3 nitrogen and oxygen atoms in total. The molecule has 19 heavy (non-hydrogen) atoms. The van der Waals surface area contributed by atoms with Crippen molar-refractivity contribution in [3.63, 3.8) is 0 Å².